The normalized spacial score (nSPS) is 10.9. The van der Waals surface area contributed by atoms with Gasteiger partial charge in [0.1, 0.15) is 11.5 Å². The summed E-state index contributed by atoms with van der Waals surface area (Å²) in [6.45, 7) is 3.46. The second-order valence-corrected chi connectivity index (χ2v) is 3.25. The molecule has 0 amide bonds. The predicted molar refractivity (Wildman–Crippen MR) is 59.8 cm³/mol. The van der Waals surface area contributed by atoms with Crippen LogP contribution in [0, 0.1) is 0 Å². The molecule has 0 aliphatic rings. The molecule has 18 heavy (non-hydrogen) atoms. The molecule has 4 nitrogen and oxygen atoms in total. The minimum atomic E-state index is -4.01. The molecule has 6 heteroatoms. The Morgan fingerprint density at radius 1 is 1.22 bits per heavy atom. The largest absolute Gasteiger partial charge is 0.502 e. The third-order valence-electron chi connectivity index (χ3n) is 1.88. The lowest BCUT2D eigenvalue weighted by Gasteiger charge is -2.16. The van der Waals surface area contributed by atoms with Gasteiger partial charge in [-0.25, -0.2) is 4.79 Å². The Morgan fingerprint density at radius 2 is 1.89 bits per heavy atom. The summed E-state index contributed by atoms with van der Waals surface area (Å²) >= 11 is 0. The number of esters is 1. The maximum Gasteiger partial charge on any atom is 0.502 e. The van der Waals surface area contributed by atoms with Gasteiger partial charge in [0.2, 0.25) is 0 Å². The summed E-state index contributed by atoms with van der Waals surface area (Å²) in [7, 11) is 0. The number of ether oxygens (including phenoxy) is 3. The van der Waals surface area contributed by atoms with Crippen molar-refractivity contribution in [3.05, 3.63) is 24.3 Å². The molecule has 1 rings (SSSR count). The van der Waals surface area contributed by atoms with Crippen LogP contribution in [0.1, 0.15) is 13.8 Å². The molecule has 0 atom stereocenters. The lowest BCUT2D eigenvalue weighted by atomic mass is 10.3. The zero-order valence-electron chi connectivity index (χ0n) is 10.1. The minimum Gasteiger partial charge on any atom is -0.494 e. The summed E-state index contributed by atoms with van der Waals surface area (Å²) < 4.78 is 40.2. The van der Waals surface area contributed by atoms with E-state index in [0.717, 1.165) is 0 Å². The molecule has 0 N–H and O–H groups in total. The molecule has 0 spiro atoms. The summed E-state index contributed by atoms with van der Waals surface area (Å²) in [5, 5.41) is 0. The summed E-state index contributed by atoms with van der Waals surface area (Å²) in [6.07, 6.45) is -4.01. The highest BCUT2D eigenvalue weighted by atomic mass is 19.3. The quantitative estimate of drug-likeness (QED) is 0.737. The van der Waals surface area contributed by atoms with Crippen LogP contribution in [0.4, 0.5) is 8.78 Å². The van der Waals surface area contributed by atoms with Crippen LogP contribution in [0.5, 0.6) is 11.5 Å². The molecule has 0 saturated carbocycles. The van der Waals surface area contributed by atoms with E-state index < -0.39 is 12.1 Å². The molecule has 0 saturated heterocycles. The Kier molecular flexibility index (Phi) is 4.88. The highest BCUT2D eigenvalue weighted by molar-refractivity contribution is 5.76. The molecule has 1 aromatic carbocycles. The maximum absolute atomic E-state index is 13.3. The van der Waals surface area contributed by atoms with Crippen molar-refractivity contribution >= 4 is 5.97 Å². The first-order valence-corrected chi connectivity index (χ1v) is 5.46. The van der Waals surface area contributed by atoms with Gasteiger partial charge in [-0.3, -0.25) is 0 Å². The molecule has 0 heterocycles. The Hall–Kier alpha value is -1.85. The molecule has 0 bridgehead atoms. The van der Waals surface area contributed by atoms with Gasteiger partial charge in [0.15, 0.2) is 0 Å². The van der Waals surface area contributed by atoms with Gasteiger partial charge < -0.3 is 14.2 Å². The van der Waals surface area contributed by atoms with Crippen LogP contribution < -0.4 is 9.47 Å². The Morgan fingerprint density at radius 3 is 2.50 bits per heavy atom. The fourth-order valence-corrected chi connectivity index (χ4v) is 1.20. The minimum absolute atomic E-state index is 0.142. The van der Waals surface area contributed by atoms with Gasteiger partial charge >= 0.3 is 12.1 Å². The molecule has 100 valence electrons. The van der Waals surface area contributed by atoms with Gasteiger partial charge in [-0.05, 0) is 26.0 Å². The van der Waals surface area contributed by atoms with E-state index in [9.17, 15) is 13.6 Å². The molecule has 0 aromatic heterocycles. The van der Waals surface area contributed by atoms with Crippen LogP contribution in [0.3, 0.4) is 0 Å². The van der Waals surface area contributed by atoms with Crippen LogP contribution >= 0.6 is 0 Å². The van der Waals surface area contributed by atoms with Crippen molar-refractivity contribution in [3.63, 3.8) is 0 Å². The SMILES string of the molecule is CCOC(=O)C(F)(F)Oc1cccc(OCC)c1. The summed E-state index contributed by atoms with van der Waals surface area (Å²) in [5.74, 6) is -1.50. The molecule has 0 fully saturated rings. The number of rotatable bonds is 6. The second kappa shape index (κ2) is 6.18. The average molecular weight is 260 g/mol. The van der Waals surface area contributed by atoms with E-state index in [1.807, 2.05) is 0 Å². The molecule has 0 unspecified atom stereocenters. The van der Waals surface area contributed by atoms with E-state index >= 15 is 0 Å². The van der Waals surface area contributed by atoms with E-state index in [2.05, 4.69) is 9.47 Å². The van der Waals surface area contributed by atoms with Crippen molar-refractivity contribution in [1.82, 2.24) is 0 Å². The Balaban J connectivity index is 2.76. The van der Waals surface area contributed by atoms with Gasteiger partial charge in [-0.15, -0.1) is 0 Å². The van der Waals surface area contributed by atoms with Gasteiger partial charge in [0, 0.05) is 6.07 Å². The van der Waals surface area contributed by atoms with Gasteiger partial charge in [0.25, 0.3) is 0 Å². The van der Waals surface area contributed by atoms with Gasteiger partial charge in [-0.1, -0.05) is 6.07 Å². The van der Waals surface area contributed by atoms with Crippen LogP contribution in [0.2, 0.25) is 0 Å². The van der Waals surface area contributed by atoms with Crippen LogP contribution in [0.15, 0.2) is 24.3 Å². The fourth-order valence-electron chi connectivity index (χ4n) is 1.20. The van der Waals surface area contributed by atoms with Gasteiger partial charge in [0.05, 0.1) is 13.2 Å². The molecule has 0 aliphatic heterocycles. The lowest BCUT2D eigenvalue weighted by molar-refractivity contribution is -0.216. The van der Waals surface area contributed by atoms with Gasteiger partial charge in [-0.2, -0.15) is 8.78 Å². The molecular weight excluding hydrogens is 246 g/mol. The molecule has 0 aliphatic carbocycles. The number of benzene rings is 1. The fraction of sp³-hybridized carbons (Fsp3) is 0.417. The van der Waals surface area contributed by atoms with Crippen molar-refractivity contribution < 1.29 is 27.8 Å². The number of hydrogen-bond acceptors (Lipinski definition) is 4. The molecule has 1 aromatic rings. The molecular formula is C12H14F2O4. The number of carbonyl (C=O) groups excluding carboxylic acids is 1. The summed E-state index contributed by atoms with van der Waals surface area (Å²) in [4.78, 5) is 11.0. The number of halogens is 2. The van der Waals surface area contributed by atoms with Crippen molar-refractivity contribution in [2.75, 3.05) is 13.2 Å². The van der Waals surface area contributed by atoms with E-state index in [-0.39, 0.29) is 12.4 Å². The summed E-state index contributed by atoms with van der Waals surface area (Å²) in [5.41, 5.74) is 0. The number of alkyl halides is 2. The first kappa shape index (κ1) is 14.2. The van der Waals surface area contributed by atoms with E-state index in [0.29, 0.717) is 12.4 Å². The first-order chi connectivity index (χ1) is 8.49. The highest BCUT2D eigenvalue weighted by Crippen LogP contribution is 2.26. The van der Waals surface area contributed by atoms with Crippen molar-refractivity contribution in [3.8, 4) is 11.5 Å². The summed E-state index contributed by atoms with van der Waals surface area (Å²) in [6, 6.07) is 5.66. The lowest BCUT2D eigenvalue weighted by Crippen LogP contribution is -2.36. The van der Waals surface area contributed by atoms with Crippen LogP contribution in [-0.4, -0.2) is 25.3 Å². The topological polar surface area (TPSA) is 44.8 Å². The Bertz CT molecular complexity index is 407. The zero-order valence-corrected chi connectivity index (χ0v) is 10.1. The number of hydrogen-bond donors (Lipinski definition) is 0. The Labute approximate surface area is 103 Å². The number of carbonyl (C=O) groups is 1. The van der Waals surface area contributed by atoms with Crippen LogP contribution in [-0.2, 0) is 9.53 Å². The molecule has 0 radical (unpaired) electrons. The van der Waals surface area contributed by atoms with Crippen molar-refractivity contribution in [2.45, 2.75) is 20.0 Å². The second-order valence-electron chi connectivity index (χ2n) is 3.25. The predicted octanol–water partition coefficient (Wildman–Crippen LogP) is 2.62. The van der Waals surface area contributed by atoms with Crippen molar-refractivity contribution in [1.29, 1.82) is 0 Å². The maximum atomic E-state index is 13.3. The zero-order chi connectivity index (χ0) is 13.6. The highest BCUT2D eigenvalue weighted by Gasteiger charge is 2.44. The standard InChI is InChI=1S/C12H14F2O4/c1-3-16-9-6-5-7-10(8-9)18-12(13,14)11(15)17-4-2/h5-8H,3-4H2,1-2H3. The average Bonchev–Trinajstić information content (AvgIpc) is 2.29. The third kappa shape index (κ3) is 3.87. The smallest absolute Gasteiger partial charge is 0.494 e. The third-order valence-corrected chi connectivity index (χ3v) is 1.88. The first-order valence-electron chi connectivity index (χ1n) is 5.46. The van der Waals surface area contributed by atoms with E-state index in [1.165, 1.54) is 25.1 Å². The van der Waals surface area contributed by atoms with Crippen molar-refractivity contribution in [2.24, 2.45) is 0 Å². The monoisotopic (exact) mass is 260 g/mol. The van der Waals surface area contributed by atoms with Crippen LogP contribution in [0.25, 0.3) is 0 Å². The van der Waals surface area contributed by atoms with E-state index in [1.54, 1.807) is 13.0 Å². The van der Waals surface area contributed by atoms with E-state index in [4.69, 9.17) is 4.74 Å².